The van der Waals surface area contributed by atoms with Crippen LogP contribution in [0, 0.1) is 0 Å². The maximum Gasteiger partial charge on any atom is 0.238 e. The number of allylic oxidation sites excluding steroid dienone is 2. The van der Waals surface area contributed by atoms with Crippen molar-refractivity contribution in [2.75, 3.05) is 27.2 Å². The van der Waals surface area contributed by atoms with Gasteiger partial charge in [0.15, 0.2) is 0 Å². The van der Waals surface area contributed by atoms with Gasteiger partial charge in [-0.3, -0.25) is 0 Å². The molecule has 0 spiro atoms. The molecule has 6 nitrogen and oxygen atoms in total. The Labute approximate surface area is 142 Å². The fourth-order valence-corrected chi connectivity index (χ4v) is 1.87. The lowest BCUT2D eigenvalue weighted by Gasteiger charge is -2.26. The van der Waals surface area contributed by atoms with Crippen LogP contribution >= 0.6 is 15.9 Å². The number of hydrogen-bond donors (Lipinski definition) is 2. The fraction of sp³-hybridized carbons (Fsp3) is 0.600. The van der Waals surface area contributed by atoms with Crippen LogP contribution in [-0.4, -0.2) is 55.3 Å². The summed E-state index contributed by atoms with van der Waals surface area (Å²) >= 11 is 3.27. The Morgan fingerprint density at radius 2 is 2.00 bits per heavy atom. The molecule has 0 radical (unpaired) electrons. The topological polar surface area (TPSA) is 83.2 Å². The molecule has 0 aliphatic carbocycles. The minimum absolute atomic E-state index is 0.0804. The molecule has 0 aliphatic rings. The molecule has 0 aromatic rings. The summed E-state index contributed by atoms with van der Waals surface area (Å²) in [4.78, 5) is 10.1. The zero-order chi connectivity index (χ0) is 17.0. The third-order valence-electron chi connectivity index (χ3n) is 3.48. The predicted octanol–water partition coefficient (Wildman–Crippen LogP) is 2.09. The number of hydrogen-bond acceptors (Lipinski definition) is 3. The standard InChI is InChI=1S/C15H29BrN6/c1-13(6-5-9-16)7-11-22(4)14(2)8-10-21(3)12-19-15(17)20-18/h5-6,9,12,14H,7-8,10-11,18H2,1-4H3,(H2,17,20)/b9-5+,13-6+,19-12+. The molecule has 4 N–H and O–H groups in total. The van der Waals surface area contributed by atoms with Gasteiger partial charge in [0.05, 0.1) is 6.34 Å². The van der Waals surface area contributed by atoms with Crippen molar-refractivity contribution >= 4 is 28.2 Å². The van der Waals surface area contributed by atoms with Gasteiger partial charge in [0, 0.05) is 26.2 Å². The van der Waals surface area contributed by atoms with E-state index in [1.165, 1.54) is 5.57 Å². The average molecular weight is 373 g/mol. The Bertz CT molecular complexity index is 416. The van der Waals surface area contributed by atoms with E-state index in [-0.39, 0.29) is 5.96 Å². The lowest BCUT2D eigenvalue weighted by Crippen LogP contribution is -2.33. The Kier molecular flexibility index (Phi) is 11.5. The van der Waals surface area contributed by atoms with Gasteiger partial charge in [0.1, 0.15) is 0 Å². The summed E-state index contributed by atoms with van der Waals surface area (Å²) in [6.45, 7) is 6.33. The monoisotopic (exact) mass is 372 g/mol. The molecule has 7 heteroatoms. The summed E-state index contributed by atoms with van der Waals surface area (Å²) in [6.07, 6.45) is 7.89. The highest BCUT2D eigenvalue weighted by atomic mass is 79.9. The molecule has 0 aliphatic heterocycles. The molecule has 0 fully saturated rings. The van der Waals surface area contributed by atoms with Gasteiger partial charge >= 0.3 is 0 Å². The highest BCUT2D eigenvalue weighted by molar-refractivity contribution is 9.11. The minimum atomic E-state index is 0.0804. The summed E-state index contributed by atoms with van der Waals surface area (Å²) in [5, 5.41) is 3.29. The van der Waals surface area contributed by atoms with Crippen LogP contribution in [0.2, 0.25) is 0 Å². The van der Waals surface area contributed by atoms with Gasteiger partial charge in [-0.25, -0.2) is 4.99 Å². The van der Waals surface area contributed by atoms with Crippen LogP contribution in [0.1, 0.15) is 26.7 Å². The van der Waals surface area contributed by atoms with E-state index in [0.717, 1.165) is 25.9 Å². The van der Waals surface area contributed by atoms with E-state index in [1.807, 2.05) is 23.0 Å². The first kappa shape index (κ1) is 20.7. The van der Waals surface area contributed by atoms with Gasteiger partial charge < -0.3 is 21.4 Å². The molecule has 0 heterocycles. The van der Waals surface area contributed by atoms with Crippen molar-refractivity contribution < 1.29 is 0 Å². The highest BCUT2D eigenvalue weighted by Gasteiger charge is 2.09. The van der Waals surface area contributed by atoms with Crippen molar-refractivity contribution in [1.82, 2.24) is 9.80 Å². The SMILES string of the molecule is C/C(=C\C=C\Br)CCN(C)C(C)CCN(C)/C=N/C(N)=N\N. The Balaban J connectivity index is 4.10. The first-order valence-corrected chi connectivity index (χ1v) is 8.22. The van der Waals surface area contributed by atoms with Crippen LogP contribution in [0.4, 0.5) is 0 Å². The molecular weight excluding hydrogens is 344 g/mol. The summed E-state index contributed by atoms with van der Waals surface area (Å²) in [7, 11) is 4.12. The van der Waals surface area contributed by atoms with Crippen molar-refractivity contribution in [3.63, 3.8) is 0 Å². The third kappa shape index (κ3) is 10.4. The fourth-order valence-electron chi connectivity index (χ4n) is 1.72. The van der Waals surface area contributed by atoms with Crippen LogP contribution < -0.4 is 11.6 Å². The Morgan fingerprint density at radius 1 is 1.32 bits per heavy atom. The van der Waals surface area contributed by atoms with E-state index in [9.17, 15) is 0 Å². The second-order valence-electron chi connectivity index (χ2n) is 5.41. The van der Waals surface area contributed by atoms with E-state index in [0.29, 0.717) is 6.04 Å². The maximum absolute atomic E-state index is 5.41. The van der Waals surface area contributed by atoms with Crippen LogP contribution in [0.25, 0.3) is 0 Å². The van der Waals surface area contributed by atoms with Gasteiger partial charge in [-0.1, -0.05) is 33.7 Å². The molecule has 0 saturated heterocycles. The molecule has 0 saturated carbocycles. The van der Waals surface area contributed by atoms with E-state index in [4.69, 9.17) is 11.6 Å². The van der Waals surface area contributed by atoms with Crippen molar-refractivity contribution in [2.45, 2.75) is 32.7 Å². The van der Waals surface area contributed by atoms with E-state index < -0.39 is 0 Å². The van der Waals surface area contributed by atoms with Gasteiger partial charge in [0.25, 0.3) is 0 Å². The zero-order valence-electron chi connectivity index (χ0n) is 14.0. The number of halogens is 1. The van der Waals surface area contributed by atoms with Gasteiger partial charge in [-0.05, 0) is 38.7 Å². The largest absolute Gasteiger partial charge is 0.367 e. The molecule has 0 bridgehead atoms. The van der Waals surface area contributed by atoms with Crippen molar-refractivity contribution in [3.05, 3.63) is 22.7 Å². The number of aliphatic imine (C=N–C) groups is 1. The molecule has 0 aromatic heterocycles. The maximum atomic E-state index is 5.41. The molecule has 126 valence electrons. The summed E-state index contributed by atoms with van der Waals surface area (Å²) in [6, 6.07) is 0.496. The lowest BCUT2D eigenvalue weighted by atomic mass is 10.1. The number of rotatable bonds is 9. The number of nitrogens with zero attached hydrogens (tertiary/aromatic N) is 4. The molecule has 1 atom stereocenters. The second kappa shape index (κ2) is 12.2. The van der Waals surface area contributed by atoms with Crippen LogP contribution in [0.15, 0.2) is 32.8 Å². The van der Waals surface area contributed by atoms with E-state index in [2.05, 4.69) is 57.9 Å². The van der Waals surface area contributed by atoms with E-state index >= 15 is 0 Å². The Hall–Kier alpha value is -1.34. The van der Waals surface area contributed by atoms with Crippen LogP contribution in [-0.2, 0) is 0 Å². The molecule has 22 heavy (non-hydrogen) atoms. The van der Waals surface area contributed by atoms with Crippen LogP contribution in [0.3, 0.4) is 0 Å². The van der Waals surface area contributed by atoms with Crippen LogP contribution in [0.5, 0.6) is 0 Å². The minimum Gasteiger partial charge on any atom is -0.367 e. The van der Waals surface area contributed by atoms with Crippen molar-refractivity contribution in [3.8, 4) is 0 Å². The quantitative estimate of drug-likeness (QED) is 0.213. The van der Waals surface area contributed by atoms with Crippen molar-refractivity contribution in [2.24, 2.45) is 21.7 Å². The first-order chi connectivity index (χ1) is 10.4. The average Bonchev–Trinajstić information content (AvgIpc) is 2.52. The smallest absolute Gasteiger partial charge is 0.238 e. The third-order valence-corrected chi connectivity index (χ3v) is 3.79. The molecule has 0 amide bonds. The number of guanidine groups is 1. The van der Waals surface area contributed by atoms with Gasteiger partial charge in [-0.2, -0.15) is 0 Å². The Morgan fingerprint density at radius 3 is 2.59 bits per heavy atom. The molecule has 0 rings (SSSR count). The lowest BCUT2D eigenvalue weighted by molar-refractivity contribution is 0.238. The number of hydrazone groups is 1. The summed E-state index contributed by atoms with van der Waals surface area (Å²) in [5.74, 6) is 5.10. The summed E-state index contributed by atoms with van der Waals surface area (Å²) in [5.41, 5.74) is 6.78. The first-order valence-electron chi connectivity index (χ1n) is 7.31. The predicted molar refractivity (Wildman–Crippen MR) is 100 cm³/mol. The molecule has 1 unspecified atom stereocenters. The molecule has 0 aromatic carbocycles. The number of nitrogens with two attached hydrogens (primary N) is 2. The zero-order valence-corrected chi connectivity index (χ0v) is 15.6. The van der Waals surface area contributed by atoms with Gasteiger partial charge in [-0.15, -0.1) is 5.10 Å². The van der Waals surface area contributed by atoms with E-state index in [1.54, 1.807) is 6.34 Å². The second-order valence-corrected chi connectivity index (χ2v) is 5.94. The molecular formula is C15H29BrN6. The van der Waals surface area contributed by atoms with Crippen molar-refractivity contribution in [1.29, 1.82) is 0 Å². The normalized spacial score (nSPS) is 15.2. The van der Waals surface area contributed by atoms with Gasteiger partial charge in [0.2, 0.25) is 5.96 Å². The highest BCUT2D eigenvalue weighted by Crippen LogP contribution is 2.07. The summed E-state index contributed by atoms with van der Waals surface area (Å²) < 4.78 is 0.